The summed E-state index contributed by atoms with van der Waals surface area (Å²) in [4.78, 5) is 2.78. The van der Waals surface area contributed by atoms with Gasteiger partial charge < -0.3 is 14.8 Å². The van der Waals surface area contributed by atoms with Crippen molar-refractivity contribution in [3.63, 3.8) is 0 Å². The lowest BCUT2D eigenvalue weighted by atomic mass is 10.1. The van der Waals surface area contributed by atoms with Gasteiger partial charge in [0, 0.05) is 29.5 Å². The topological polar surface area (TPSA) is 30.5 Å². The van der Waals surface area contributed by atoms with Gasteiger partial charge in [-0.2, -0.15) is 0 Å². The first-order valence-electron chi connectivity index (χ1n) is 6.02. The molecule has 1 unspecified atom stereocenters. The molecule has 0 aromatic carbocycles. The van der Waals surface area contributed by atoms with Gasteiger partial charge in [0.2, 0.25) is 0 Å². The monoisotopic (exact) mass is 257 g/mol. The van der Waals surface area contributed by atoms with E-state index >= 15 is 0 Å². The first-order valence-corrected chi connectivity index (χ1v) is 6.83. The Hall–Kier alpha value is -0.420. The molecule has 1 atom stereocenters. The molecule has 1 aromatic rings. The zero-order valence-corrected chi connectivity index (χ0v) is 12.0. The van der Waals surface area contributed by atoms with E-state index in [2.05, 4.69) is 32.2 Å². The quantitative estimate of drug-likeness (QED) is 0.726. The Kier molecular flexibility index (Phi) is 6.73. The van der Waals surface area contributed by atoms with Gasteiger partial charge >= 0.3 is 0 Å². The highest BCUT2D eigenvalue weighted by Gasteiger charge is 2.09. The van der Waals surface area contributed by atoms with Crippen LogP contribution in [0.15, 0.2) is 6.07 Å². The molecule has 0 spiro atoms. The highest BCUT2D eigenvalue weighted by Crippen LogP contribution is 2.25. The molecule has 1 aromatic heterocycles. The average molecular weight is 257 g/mol. The smallest absolute Gasteiger partial charge is 0.0700 e. The van der Waals surface area contributed by atoms with Crippen LogP contribution in [0, 0.1) is 13.8 Å². The van der Waals surface area contributed by atoms with Gasteiger partial charge in [0.1, 0.15) is 0 Å². The van der Waals surface area contributed by atoms with Gasteiger partial charge in [0.15, 0.2) is 0 Å². The van der Waals surface area contributed by atoms with Crippen LogP contribution in [0.2, 0.25) is 0 Å². The Bertz CT molecular complexity index is 325. The normalized spacial score (nSPS) is 12.9. The SMILES string of the molecule is COCCOCCNC(C)c1cc(C)sc1C. The van der Waals surface area contributed by atoms with Crippen LogP contribution in [0.4, 0.5) is 0 Å². The number of aryl methyl sites for hydroxylation is 2. The van der Waals surface area contributed by atoms with Gasteiger partial charge in [0.05, 0.1) is 19.8 Å². The van der Waals surface area contributed by atoms with Gasteiger partial charge in [-0.15, -0.1) is 11.3 Å². The third-order valence-corrected chi connectivity index (χ3v) is 3.66. The molecule has 0 saturated carbocycles. The molecule has 0 radical (unpaired) electrons. The third kappa shape index (κ3) is 5.17. The summed E-state index contributed by atoms with van der Waals surface area (Å²) >= 11 is 1.86. The molecule has 0 bridgehead atoms. The molecule has 0 aliphatic carbocycles. The predicted octanol–water partition coefficient (Wildman–Crippen LogP) is 2.68. The van der Waals surface area contributed by atoms with E-state index in [-0.39, 0.29) is 0 Å². The van der Waals surface area contributed by atoms with Crippen molar-refractivity contribution >= 4 is 11.3 Å². The fraction of sp³-hybridized carbons (Fsp3) is 0.692. The molecule has 0 saturated heterocycles. The predicted molar refractivity (Wildman–Crippen MR) is 72.9 cm³/mol. The molecule has 17 heavy (non-hydrogen) atoms. The summed E-state index contributed by atoms with van der Waals surface area (Å²) in [5.74, 6) is 0. The molecular weight excluding hydrogens is 234 g/mol. The molecule has 3 nitrogen and oxygen atoms in total. The summed E-state index contributed by atoms with van der Waals surface area (Å²) in [7, 11) is 1.69. The summed E-state index contributed by atoms with van der Waals surface area (Å²) in [6, 6.07) is 2.66. The van der Waals surface area contributed by atoms with Crippen molar-refractivity contribution in [3.05, 3.63) is 21.4 Å². The van der Waals surface area contributed by atoms with Crippen LogP contribution in [0.5, 0.6) is 0 Å². The van der Waals surface area contributed by atoms with Crippen LogP contribution in [-0.2, 0) is 9.47 Å². The van der Waals surface area contributed by atoms with Crippen LogP contribution in [0.25, 0.3) is 0 Å². The van der Waals surface area contributed by atoms with E-state index < -0.39 is 0 Å². The van der Waals surface area contributed by atoms with Gasteiger partial charge in [-0.05, 0) is 32.4 Å². The van der Waals surface area contributed by atoms with E-state index in [9.17, 15) is 0 Å². The Morgan fingerprint density at radius 2 is 2.06 bits per heavy atom. The van der Waals surface area contributed by atoms with Crippen molar-refractivity contribution in [1.29, 1.82) is 0 Å². The summed E-state index contributed by atoms with van der Waals surface area (Å²) in [5.41, 5.74) is 1.41. The fourth-order valence-corrected chi connectivity index (χ4v) is 2.80. The van der Waals surface area contributed by atoms with Crippen molar-refractivity contribution in [3.8, 4) is 0 Å². The lowest BCUT2D eigenvalue weighted by Gasteiger charge is -2.13. The fourth-order valence-electron chi connectivity index (χ4n) is 1.78. The van der Waals surface area contributed by atoms with Crippen LogP contribution < -0.4 is 5.32 Å². The number of ether oxygens (including phenoxy) is 2. The highest BCUT2D eigenvalue weighted by atomic mass is 32.1. The largest absolute Gasteiger partial charge is 0.382 e. The summed E-state index contributed by atoms with van der Waals surface area (Å²) in [5, 5.41) is 3.47. The summed E-state index contributed by atoms with van der Waals surface area (Å²) < 4.78 is 10.3. The highest BCUT2D eigenvalue weighted by molar-refractivity contribution is 7.12. The van der Waals surface area contributed by atoms with Crippen LogP contribution in [0.3, 0.4) is 0 Å². The molecule has 98 valence electrons. The average Bonchev–Trinajstić information content (AvgIpc) is 2.62. The summed E-state index contributed by atoms with van der Waals surface area (Å²) in [6.45, 7) is 9.47. The first-order chi connectivity index (χ1) is 8.15. The van der Waals surface area contributed by atoms with Crippen molar-refractivity contribution in [2.24, 2.45) is 0 Å². The van der Waals surface area contributed by atoms with Crippen molar-refractivity contribution in [2.75, 3.05) is 33.5 Å². The van der Waals surface area contributed by atoms with Gasteiger partial charge in [-0.25, -0.2) is 0 Å². The van der Waals surface area contributed by atoms with E-state index in [1.807, 2.05) is 11.3 Å². The second-order valence-corrected chi connectivity index (χ2v) is 5.61. The van der Waals surface area contributed by atoms with Gasteiger partial charge in [-0.3, -0.25) is 0 Å². The molecule has 0 fully saturated rings. The molecule has 0 amide bonds. The number of thiophene rings is 1. The Balaban J connectivity index is 2.21. The number of hydrogen-bond acceptors (Lipinski definition) is 4. The minimum absolute atomic E-state index is 0.394. The number of rotatable bonds is 8. The van der Waals surface area contributed by atoms with Crippen LogP contribution in [0.1, 0.15) is 28.3 Å². The van der Waals surface area contributed by atoms with Crippen molar-refractivity contribution in [2.45, 2.75) is 26.8 Å². The molecule has 4 heteroatoms. The molecule has 1 heterocycles. The van der Waals surface area contributed by atoms with Crippen molar-refractivity contribution in [1.82, 2.24) is 5.32 Å². The van der Waals surface area contributed by atoms with E-state index in [4.69, 9.17) is 9.47 Å². The lowest BCUT2D eigenvalue weighted by Crippen LogP contribution is -2.24. The Morgan fingerprint density at radius 1 is 1.29 bits per heavy atom. The molecule has 1 N–H and O–H groups in total. The number of methoxy groups -OCH3 is 1. The summed E-state index contributed by atoms with van der Waals surface area (Å²) in [6.07, 6.45) is 0. The number of hydrogen-bond donors (Lipinski definition) is 1. The lowest BCUT2D eigenvalue weighted by molar-refractivity contribution is 0.0712. The molecule has 0 aliphatic heterocycles. The minimum atomic E-state index is 0.394. The van der Waals surface area contributed by atoms with Gasteiger partial charge in [-0.1, -0.05) is 0 Å². The standard InChI is InChI=1S/C13H23NO2S/c1-10-9-13(12(3)17-10)11(2)14-5-6-16-8-7-15-4/h9,11,14H,5-8H2,1-4H3. The molecule has 0 aliphatic rings. The van der Waals surface area contributed by atoms with E-state index in [1.165, 1.54) is 15.3 Å². The first kappa shape index (κ1) is 14.6. The Morgan fingerprint density at radius 3 is 2.65 bits per heavy atom. The third-order valence-electron chi connectivity index (χ3n) is 2.67. The van der Waals surface area contributed by atoms with E-state index in [0.717, 1.165) is 13.2 Å². The number of nitrogens with one attached hydrogen (secondary N) is 1. The van der Waals surface area contributed by atoms with E-state index in [0.29, 0.717) is 19.3 Å². The second kappa shape index (κ2) is 7.82. The van der Waals surface area contributed by atoms with Crippen LogP contribution in [-0.4, -0.2) is 33.5 Å². The zero-order chi connectivity index (χ0) is 12.7. The molecule has 1 rings (SSSR count). The van der Waals surface area contributed by atoms with Crippen molar-refractivity contribution < 1.29 is 9.47 Å². The maximum absolute atomic E-state index is 5.41. The van der Waals surface area contributed by atoms with E-state index in [1.54, 1.807) is 7.11 Å². The maximum Gasteiger partial charge on any atom is 0.0700 e. The Labute approximate surface area is 108 Å². The minimum Gasteiger partial charge on any atom is -0.382 e. The second-order valence-electron chi connectivity index (χ2n) is 4.15. The van der Waals surface area contributed by atoms with Crippen LogP contribution >= 0.6 is 11.3 Å². The molecular formula is C13H23NO2S. The zero-order valence-electron chi connectivity index (χ0n) is 11.2. The van der Waals surface area contributed by atoms with Gasteiger partial charge in [0.25, 0.3) is 0 Å². The maximum atomic E-state index is 5.41.